The van der Waals surface area contributed by atoms with E-state index in [4.69, 9.17) is 18.9 Å². The van der Waals surface area contributed by atoms with Crippen LogP contribution in [-0.2, 0) is 14.1 Å². The maximum absolute atomic E-state index is 11.0. The van der Waals surface area contributed by atoms with Crippen LogP contribution in [0, 0.1) is 10.1 Å². The van der Waals surface area contributed by atoms with Crippen molar-refractivity contribution in [2.24, 2.45) is 0 Å². The quantitative estimate of drug-likeness (QED) is 0.188. The number of rotatable bonds is 15. The Kier molecular flexibility index (Phi) is 10.00. The molecule has 0 bridgehead atoms. The zero-order chi connectivity index (χ0) is 22.0. The van der Waals surface area contributed by atoms with E-state index in [0.29, 0.717) is 30.0 Å². The van der Waals surface area contributed by atoms with Crippen molar-refractivity contribution in [3.63, 3.8) is 0 Å². The van der Waals surface area contributed by atoms with Crippen LogP contribution >= 0.6 is 0 Å². The molecule has 0 amide bonds. The number of unbranched alkanes of at least 4 members (excludes halogenated alkanes) is 2. The molecule has 1 aromatic carbocycles. The van der Waals surface area contributed by atoms with E-state index in [2.05, 4.69) is 13.8 Å². The highest BCUT2D eigenvalue weighted by Gasteiger charge is 2.40. The highest BCUT2D eigenvalue weighted by molar-refractivity contribution is 6.62. The van der Waals surface area contributed by atoms with Crippen LogP contribution in [0.25, 0.3) is 0 Å². The minimum atomic E-state index is -1.37. The Morgan fingerprint density at radius 3 is 2.37 bits per heavy atom. The lowest BCUT2D eigenvalue weighted by atomic mass is 9.78. The van der Waals surface area contributed by atoms with Gasteiger partial charge in [-0.1, -0.05) is 38.8 Å². The fourth-order valence-electron chi connectivity index (χ4n) is 3.16. The van der Waals surface area contributed by atoms with Crippen LogP contribution in [0.1, 0.15) is 51.2 Å². The molecule has 2 N–H and O–H groups in total. The third-order valence-electron chi connectivity index (χ3n) is 4.82. The molecule has 0 radical (unpaired) electrons. The molecular weight excluding hydrogens is 393 g/mol. The molecule has 10 heteroatoms. The smallest absolute Gasteiger partial charge is 0.491 e. The fourth-order valence-corrected chi connectivity index (χ4v) is 3.16. The van der Waals surface area contributed by atoms with Crippen LogP contribution in [0.5, 0.6) is 5.75 Å². The van der Waals surface area contributed by atoms with E-state index >= 15 is 0 Å². The lowest BCUT2D eigenvalue weighted by Crippen LogP contribution is -2.46. The van der Waals surface area contributed by atoms with Crippen molar-refractivity contribution in [3.05, 3.63) is 33.9 Å². The second-order valence-corrected chi connectivity index (χ2v) is 7.58. The summed E-state index contributed by atoms with van der Waals surface area (Å²) in [4.78, 5) is 10.4. The third-order valence-corrected chi connectivity index (χ3v) is 4.82. The summed E-state index contributed by atoms with van der Waals surface area (Å²) in [6.07, 6.45) is 2.91. The standard InChI is InChI=1S/C20H32BNO8/c1-3-5-10-27-13-20(23,14-28-11-6-4-2)15-29-17-9-7-8-16-18(12-22(25)26)30-21(24)19(16)17/h7-9,18,23-24H,3-6,10-15H2,1-2H3. The molecule has 1 aromatic rings. The predicted molar refractivity (Wildman–Crippen MR) is 112 cm³/mol. The monoisotopic (exact) mass is 425 g/mol. The first-order valence-electron chi connectivity index (χ1n) is 10.5. The van der Waals surface area contributed by atoms with Gasteiger partial charge in [0.05, 0.1) is 13.2 Å². The molecule has 9 nitrogen and oxygen atoms in total. The number of nitrogens with zero attached hydrogens (tertiary/aromatic N) is 1. The van der Waals surface area contributed by atoms with Gasteiger partial charge >= 0.3 is 7.12 Å². The van der Waals surface area contributed by atoms with E-state index < -0.39 is 30.3 Å². The SMILES string of the molecule is CCCCOCC(O)(COCCCC)COc1cccc2c1B(O)OC2C[N+](=O)[O-]. The first kappa shape index (κ1) is 24.6. The average molecular weight is 425 g/mol. The Morgan fingerprint density at radius 1 is 1.17 bits per heavy atom. The Bertz CT molecular complexity index is 662. The second-order valence-electron chi connectivity index (χ2n) is 7.58. The molecule has 30 heavy (non-hydrogen) atoms. The van der Waals surface area contributed by atoms with Crippen molar-refractivity contribution in [2.45, 2.75) is 51.2 Å². The summed E-state index contributed by atoms with van der Waals surface area (Å²) in [6, 6.07) is 4.98. The van der Waals surface area contributed by atoms with Gasteiger partial charge in [-0.05, 0) is 24.5 Å². The van der Waals surface area contributed by atoms with E-state index in [1.54, 1.807) is 18.2 Å². The summed E-state index contributed by atoms with van der Waals surface area (Å²) >= 11 is 0. The van der Waals surface area contributed by atoms with Gasteiger partial charge in [0.2, 0.25) is 6.54 Å². The molecular formula is C20H32BNO8. The minimum Gasteiger partial charge on any atom is -0.491 e. The van der Waals surface area contributed by atoms with E-state index in [1.165, 1.54) is 0 Å². The van der Waals surface area contributed by atoms with Crippen molar-refractivity contribution in [3.8, 4) is 5.75 Å². The van der Waals surface area contributed by atoms with E-state index in [-0.39, 0.29) is 19.8 Å². The number of hydrogen-bond acceptors (Lipinski definition) is 8. The molecule has 1 unspecified atom stereocenters. The number of hydrogen-bond donors (Lipinski definition) is 2. The van der Waals surface area contributed by atoms with Gasteiger partial charge in [-0.2, -0.15) is 0 Å². The van der Waals surface area contributed by atoms with E-state index in [0.717, 1.165) is 25.7 Å². The molecule has 1 aliphatic rings. The molecule has 0 saturated heterocycles. The van der Waals surface area contributed by atoms with Crippen LogP contribution in [0.3, 0.4) is 0 Å². The molecule has 0 fully saturated rings. The molecule has 0 aromatic heterocycles. The molecule has 0 aliphatic carbocycles. The van der Waals surface area contributed by atoms with Gasteiger partial charge in [-0.25, -0.2) is 0 Å². The highest BCUT2D eigenvalue weighted by atomic mass is 16.6. The summed E-state index contributed by atoms with van der Waals surface area (Å²) in [5, 5.41) is 32.1. The molecule has 168 valence electrons. The number of fused-ring (bicyclic) bond motifs is 1. The van der Waals surface area contributed by atoms with E-state index in [1.807, 2.05) is 0 Å². The maximum atomic E-state index is 11.0. The number of nitro groups is 1. The lowest BCUT2D eigenvalue weighted by Gasteiger charge is -2.28. The average Bonchev–Trinajstić information content (AvgIpc) is 3.03. The number of aliphatic hydroxyl groups is 1. The van der Waals surface area contributed by atoms with Crippen molar-refractivity contribution >= 4 is 12.6 Å². The first-order chi connectivity index (χ1) is 14.4. The van der Waals surface area contributed by atoms with Gasteiger partial charge in [-0.3, -0.25) is 10.1 Å². The number of ether oxygens (including phenoxy) is 3. The number of benzene rings is 1. The van der Waals surface area contributed by atoms with E-state index in [9.17, 15) is 20.2 Å². The summed E-state index contributed by atoms with van der Waals surface area (Å²) < 4.78 is 22.4. The van der Waals surface area contributed by atoms with Gasteiger partial charge in [0.15, 0.2) is 0 Å². The Balaban J connectivity index is 2.06. The predicted octanol–water partition coefficient (Wildman–Crippen LogP) is 1.47. The maximum Gasteiger partial charge on any atom is 0.496 e. The van der Waals surface area contributed by atoms with Crippen molar-refractivity contribution in [2.75, 3.05) is 39.6 Å². The first-order valence-corrected chi connectivity index (χ1v) is 10.5. The highest BCUT2D eigenvalue weighted by Crippen LogP contribution is 2.28. The van der Waals surface area contributed by atoms with Gasteiger partial charge in [0.1, 0.15) is 24.1 Å². The van der Waals surface area contributed by atoms with Crippen molar-refractivity contribution in [1.82, 2.24) is 0 Å². The summed E-state index contributed by atoms with van der Waals surface area (Å²) in [6.45, 7) is 4.72. The van der Waals surface area contributed by atoms with Crippen molar-refractivity contribution < 1.29 is 33.9 Å². The van der Waals surface area contributed by atoms with Crippen LogP contribution in [-0.4, -0.2) is 67.4 Å². The summed E-state index contributed by atoms with van der Waals surface area (Å²) in [5.41, 5.74) is -0.501. The second kappa shape index (κ2) is 12.2. The van der Waals surface area contributed by atoms with Crippen LogP contribution in [0.15, 0.2) is 18.2 Å². The molecule has 0 spiro atoms. The third kappa shape index (κ3) is 7.21. The molecule has 1 aliphatic heterocycles. The van der Waals surface area contributed by atoms with Crippen LogP contribution in [0.2, 0.25) is 0 Å². The van der Waals surface area contributed by atoms with Crippen LogP contribution < -0.4 is 10.2 Å². The summed E-state index contributed by atoms with van der Waals surface area (Å²) in [7, 11) is -1.32. The van der Waals surface area contributed by atoms with Gasteiger partial charge in [0, 0.05) is 23.6 Å². The largest absolute Gasteiger partial charge is 0.496 e. The molecule has 2 rings (SSSR count). The fraction of sp³-hybridized carbons (Fsp3) is 0.700. The normalized spacial score (nSPS) is 16.0. The van der Waals surface area contributed by atoms with Gasteiger partial charge < -0.3 is 29.0 Å². The molecule has 1 heterocycles. The molecule has 0 saturated carbocycles. The molecule has 1 atom stereocenters. The van der Waals surface area contributed by atoms with Gasteiger partial charge in [-0.15, -0.1) is 0 Å². The lowest BCUT2D eigenvalue weighted by molar-refractivity contribution is -0.490. The van der Waals surface area contributed by atoms with Crippen LogP contribution in [0.4, 0.5) is 0 Å². The van der Waals surface area contributed by atoms with Crippen molar-refractivity contribution in [1.29, 1.82) is 0 Å². The van der Waals surface area contributed by atoms with Gasteiger partial charge in [0.25, 0.3) is 0 Å². The Labute approximate surface area is 177 Å². The minimum absolute atomic E-state index is 0.0527. The summed E-state index contributed by atoms with van der Waals surface area (Å²) in [5.74, 6) is 0.311. The topological polar surface area (TPSA) is 121 Å². The Hall–Kier alpha value is -1.72. The zero-order valence-electron chi connectivity index (χ0n) is 17.7. The zero-order valence-corrected chi connectivity index (χ0v) is 17.7. The Morgan fingerprint density at radius 2 is 1.80 bits per heavy atom.